The molecule has 1 saturated heterocycles. The minimum atomic E-state index is -0.894. The van der Waals surface area contributed by atoms with E-state index < -0.39 is 11.4 Å². The lowest BCUT2D eigenvalue weighted by atomic mass is 9.93. The molecule has 0 aromatic carbocycles. The molecule has 4 N–H and O–H groups in total. The summed E-state index contributed by atoms with van der Waals surface area (Å²) in [6.07, 6.45) is 7.14. The average molecular weight is 269 g/mol. The second-order valence-electron chi connectivity index (χ2n) is 6.46. The van der Waals surface area contributed by atoms with Gasteiger partial charge in [-0.1, -0.05) is 19.8 Å². The quantitative estimate of drug-likeness (QED) is 0.773. The highest BCUT2D eigenvalue weighted by molar-refractivity contribution is 5.83. The van der Waals surface area contributed by atoms with Crippen molar-refractivity contribution in [2.45, 2.75) is 70.9 Å². The molecule has 3 unspecified atom stereocenters. The highest BCUT2D eigenvalue weighted by atomic mass is 16.1. The van der Waals surface area contributed by atoms with Crippen molar-refractivity contribution in [2.75, 3.05) is 13.1 Å². The molecule has 0 aromatic heterocycles. The number of hydrogen-bond acceptors (Lipinski definition) is 3. The van der Waals surface area contributed by atoms with E-state index in [0.717, 1.165) is 19.0 Å². The fourth-order valence-corrected chi connectivity index (χ4v) is 3.17. The maximum atomic E-state index is 11.3. The summed E-state index contributed by atoms with van der Waals surface area (Å²) < 4.78 is 0. The van der Waals surface area contributed by atoms with Crippen molar-refractivity contribution in [3.63, 3.8) is 0 Å². The molecule has 1 aliphatic heterocycles. The first-order chi connectivity index (χ1) is 8.86. The van der Waals surface area contributed by atoms with Gasteiger partial charge in [-0.3, -0.25) is 4.79 Å². The van der Waals surface area contributed by atoms with Gasteiger partial charge in [0.05, 0.1) is 5.54 Å². The monoisotopic (exact) mass is 269 g/mol. The fraction of sp³-hybridized carbons (Fsp3) is 0.933. The minimum Gasteiger partial charge on any atom is -0.368 e. The van der Waals surface area contributed by atoms with E-state index in [1.165, 1.54) is 32.1 Å². The molecule has 112 valence electrons. The molecule has 4 nitrogen and oxygen atoms in total. The summed E-state index contributed by atoms with van der Waals surface area (Å²) in [5.41, 5.74) is 10.4. The molecule has 0 radical (unpaired) electrons. The summed E-state index contributed by atoms with van der Waals surface area (Å²) in [4.78, 5) is 13.8. The van der Waals surface area contributed by atoms with Crippen LogP contribution < -0.4 is 11.5 Å². The van der Waals surface area contributed by atoms with Gasteiger partial charge in [-0.25, -0.2) is 0 Å². The molecule has 0 aromatic rings. The van der Waals surface area contributed by atoms with Crippen LogP contribution in [0.4, 0.5) is 0 Å². The summed E-state index contributed by atoms with van der Waals surface area (Å²) in [6.45, 7) is 8.41. The normalized spacial score (nSPS) is 26.4. The highest BCUT2D eigenvalue weighted by Crippen LogP contribution is 2.24. The molecule has 1 rings (SSSR count). The second-order valence-corrected chi connectivity index (χ2v) is 6.46. The van der Waals surface area contributed by atoms with Gasteiger partial charge in [0, 0.05) is 6.04 Å². The molecule has 1 fully saturated rings. The van der Waals surface area contributed by atoms with Gasteiger partial charge in [0.15, 0.2) is 0 Å². The number of amides is 1. The van der Waals surface area contributed by atoms with E-state index in [9.17, 15) is 4.79 Å². The second kappa shape index (κ2) is 7.25. The van der Waals surface area contributed by atoms with E-state index in [1.807, 2.05) is 0 Å². The van der Waals surface area contributed by atoms with Crippen LogP contribution in [0.3, 0.4) is 0 Å². The predicted molar refractivity (Wildman–Crippen MR) is 79.7 cm³/mol. The third kappa shape index (κ3) is 5.11. The third-order valence-corrected chi connectivity index (χ3v) is 4.48. The Morgan fingerprint density at radius 3 is 2.68 bits per heavy atom. The number of carbonyl (C=O) groups excluding carboxylic acids is 1. The number of likely N-dealkylation sites (tertiary alicyclic amines) is 1. The summed E-state index contributed by atoms with van der Waals surface area (Å²) >= 11 is 0. The van der Waals surface area contributed by atoms with Crippen molar-refractivity contribution >= 4 is 5.91 Å². The topological polar surface area (TPSA) is 72.3 Å². The predicted octanol–water partition coefficient (Wildman–Crippen LogP) is 1.87. The zero-order valence-corrected chi connectivity index (χ0v) is 12.8. The van der Waals surface area contributed by atoms with Crippen LogP contribution in [0, 0.1) is 5.92 Å². The highest BCUT2D eigenvalue weighted by Gasteiger charge is 2.30. The maximum Gasteiger partial charge on any atom is 0.237 e. The van der Waals surface area contributed by atoms with E-state index >= 15 is 0 Å². The molecule has 3 atom stereocenters. The van der Waals surface area contributed by atoms with Crippen LogP contribution in [-0.2, 0) is 4.79 Å². The molecule has 1 amide bonds. The van der Waals surface area contributed by atoms with Gasteiger partial charge in [-0.2, -0.15) is 0 Å². The van der Waals surface area contributed by atoms with Crippen molar-refractivity contribution in [1.29, 1.82) is 0 Å². The molecule has 0 spiro atoms. The SMILES string of the molecule is CCCC1CCCN(C(C)CC(C)(N)C(N)=O)CC1. The third-order valence-electron chi connectivity index (χ3n) is 4.48. The van der Waals surface area contributed by atoms with Crippen LogP contribution in [0.25, 0.3) is 0 Å². The largest absolute Gasteiger partial charge is 0.368 e. The van der Waals surface area contributed by atoms with Crippen LogP contribution in [0.2, 0.25) is 0 Å². The Morgan fingerprint density at radius 1 is 1.42 bits per heavy atom. The first-order valence-corrected chi connectivity index (χ1v) is 7.69. The van der Waals surface area contributed by atoms with Gasteiger partial charge in [0.1, 0.15) is 0 Å². The smallest absolute Gasteiger partial charge is 0.237 e. The Morgan fingerprint density at radius 2 is 2.11 bits per heavy atom. The van der Waals surface area contributed by atoms with E-state index in [1.54, 1.807) is 6.92 Å². The lowest BCUT2D eigenvalue weighted by Gasteiger charge is -2.32. The zero-order chi connectivity index (χ0) is 14.5. The van der Waals surface area contributed by atoms with E-state index in [2.05, 4.69) is 18.7 Å². The molecule has 19 heavy (non-hydrogen) atoms. The number of hydrogen-bond donors (Lipinski definition) is 2. The Kier molecular flexibility index (Phi) is 6.27. The molecule has 0 saturated carbocycles. The van der Waals surface area contributed by atoms with Crippen molar-refractivity contribution in [1.82, 2.24) is 4.90 Å². The van der Waals surface area contributed by atoms with Gasteiger partial charge < -0.3 is 16.4 Å². The van der Waals surface area contributed by atoms with Gasteiger partial charge in [-0.05, 0) is 58.5 Å². The Hall–Kier alpha value is -0.610. The molecular weight excluding hydrogens is 238 g/mol. The van der Waals surface area contributed by atoms with Crippen LogP contribution in [0.1, 0.15) is 59.3 Å². The molecule has 1 heterocycles. The molecule has 4 heteroatoms. The molecule has 0 bridgehead atoms. The van der Waals surface area contributed by atoms with E-state index in [-0.39, 0.29) is 0 Å². The summed E-state index contributed by atoms with van der Waals surface area (Å²) in [7, 11) is 0. The fourth-order valence-electron chi connectivity index (χ4n) is 3.17. The summed E-state index contributed by atoms with van der Waals surface area (Å²) in [6, 6.07) is 0.322. The van der Waals surface area contributed by atoms with Crippen molar-refractivity contribution in [3.05, 3.63) is 0 Å². The van der Waals surface area contributed by atoms with Crippen molar-refractivity contribution < 1.29 is 4.79 Å². The Labute approximate surface area is 117 Å². The van der Waals surface area contributed by atoms with Gasteiger partial charge in [0.25, 0.3) is 0 Å². The summed E-state index contributed by atoms with van der Waals surface area (Å²) in [5.74, 6) is 0.473. The average Bonchev–Trinajstić information content (AvgIpc) is 2.54. The van der Waals surface area contributed by atoms with E-state index in [0.29, 0.717) is 12.5 Å². The van der Waals surface area contributed by atoms with Crippen LogP contribution in [0.15, 0.2) is 0 Å². The summed E-state index contributed by atoms with van der Waals surface area (Å²) in [5, 5.41) is 0. The first kappa shape index (κ1) is 16.4. The van der Waals surface area contributed by atoms with Crippen molar-refractivity contribution in [2.24, 2.45) is 17.4 Å². The molecule has 1 aliphatic rings. The minimum absolute atomic E-state index is 0.322. The molecular formula is C15H31N3O. The molecule has 0 aliphatic carbocycles. The van der Waals surface area contributed by atoms with Gasteiger partial charge >= 0.3 is 0 Å². The van der Waals surface area contributed by atoms with Gasteiger partial charge in [-0.15, -0.1) is 0 Å². The van der Waals surface area contributed by atoms with Crippen LogP contribution >= 0.6 is 0 Å². The van der Waals surface area contributed by atoms with Crippen LogP contribution in [0.5, 0.6) is 0 Å². The standard InChI is InChI=1S/C15H31N3O/c1-4-6-13-7-5-9-18(10-8-13)12(2)11-15(3,17)14(16)19/h12-13H,4-11,17H2,1-3H3,(H2,16,19). The first-order valence-electron chi connectivity index (χ1n) is 7.69. The van der Waals surface area contributed by atoms with E-state index in [4.69, 9.17) is 11.5 Å². The lowest BCUT2D eigenvalue weighted by molar-refractivity contribution is -0.123. The lowest BCUT2D eigenvalue weighted by Crippen LogP contribution is -2.53. The number of primary amides is 1. The van der Waals surface area contributed by atoms with Crippen molar-refractivity contribution in [3.8, 4) is 0 Å². The Balaban J connectivity index is 2.49. The number of nitrogens with zero attached hydrogens (tertiary/aromatic N) is 1. The number of rotatable bonds is 6. The van der Waals surface area contributed by atoms with Gasteiger partial charge in [0.2, 0.25) is 5.91 Å². The Bertz CT molecular complexity index is 291. The maximum absolute atomic E-state index is 11.3. The number of nitrogens with two attached hydrogens (primary N) is 2. The number of carbonyl (C=O) groups is 1. The van der Waals surface area contributed by atoms with Crippen LogP contribution in [-0.4, -0.2) is 35.5 Å². The zero-order valence-electron chi connectivity index (χ0n) is 12.8.